The zero-order chi connectivity index (χ0) is 17.9. The van der Waals surface area contributed by atoms with Crippen LogP contribution in [0.4, 0.5) is 0 Å². The molecular formula is C21H22N2O3. The number of ether oxygens (including phenoxy) is 2. The Labute approximate surface area is 152 Å². The minimum atomic E-state index is -0.302. The first-order valence-electron chi connectivity index (χ1n) is 8.95. The van der Waals surface area contributed by atoms with Crippen molar-refractivity contribution in [3.8, 4) is 11.8 Å². The number of aromatic nitrogens is 2. The smallest absolute Gasteiger partial charge is 0.220 e. The number of fused-ring (bicyclic) bond motifs is 1. The summed E-state index contributed by atoms with van der Waals surface area (Å²) >= 11 is 0. The van der Waals surface area contributed by atoms with E-state index >= 15 is 0 Å². The summed E-state index contributed by atoms with van der Waals surface area (Å²) in [6.07, 6.45) is 2.60. The standard InChI is InChI=1S/C21H22N2O3/c1-14-9-17(10-19(14)24)26-21-11-20(22-13-23-21)25-12-16-7-4-6-15-5-2-3-8-18(15)16/h2-8,11,13-14,17,19,24H,9-10,12H2,1H3/t14-,17+,19-/m0/s1. The van der Waals surface area contributed by atoms with E-state index in [0.29, 0.717) is 24.8 Å². The normalized spacial score (nSPS) is 22.5. The third-order valence-electron chi connectivity index (χ3n) is 4.96. The highest BCUT2D eigenvalue weighted by molar-refractivity contribution is 5.85. The summed E-state index contributed by atoms with van der Waals surface area (Å²) in [6.45, 7) is 2.46. The highest BCUT2D eigenvalue weighted by Gasteiger charge is 2.31. The van der Waals surface area contributed by atoms with Gasteiger partial charge in [-0.3, -0.25) is 0 Å². The highest BCUT2D eigenvalue weighted by atomic mass is 16.5. The molecule has 3 aromatic rings. The lowest BCUT2D eigenvalue weighted by Crippen LogP contribution is -2.14. The average molecular weight is 350 g/mol. The van der Waals surface area contributed by atoms with Gasteiger partial charge in [0.05, 0.1) is 12.2 Å². The molecule has 4 rings (SSSR count). The number of benzene rings is 2. The van der Waals surface area contributed by atoms with E-state index in [4.69, 9.17) is 9.47 Å². The average Bonchev–Trinajstić information content (AvgIpc) is 2.97. The van der Waals surface area contributed by atoms with Crippen molar-refractivity contribution in [1.82, 2.24) is 9.97 Å². The molecule has 0 spiro atoms. The zero-order valence-electron chi connectivity index (χ0n) is 14.7. The van der Waals surface area contributed by atoms with Gasteiger partial charge in [0.15, 0.2) is 0 Å². The van der Waals surface area contributed by atoms with Crippen LogP contribution in [0.5, 0.6) is 11.8 Å². The van der Waals surface area contributed by atoms with Crippen molar-refractivity contribution in [3.05, 3.63) is 60.4 Å². The highest BCUT2D eigenvalue weighted by Crippen LogP contribution is 2.29. The zero-order valence-corrected chi connectivity index (χ0v) is 14.7. The Kier molecular flexibility index (Phi) is 4.71. The van der Waals surface area contributed by atoms with Crippen molar-refractivity contribution in [1.29, 1.82) is 0 Å². The molecule has 3 atom stereocenters. The fraction of sp³-hybridized carbons (Fsp3) is 0.333. The van der Waals surface area contributed by atoms with E-state index in [1.165, 1.54) is 17.1 Å². The van der Waals surface area contributed by atoms with Crippen molar-refractivity contribution in [3.63, 3.8) is 0 Å². The molecule has 0 saturated heterocycles. The number of hydrogen-bond donors (Lipinski definition) is 1. The van der Waals surface area contributed by atoms with E-state index in [9.17, 15) is 5.11 Å². The molecule has 0 aliphatic heterocycles. The molecule has 134 valence electrons. The molecule has 1 aliphatic carbocycles. The maximum atomic E-state index is 9.86. The van der Waals surface area contributed by atoms with Crippen molar-refractivity contribution in [2.75, 3.05) is 0 Å². The molecule has 1 aromatic heterocycles. The molecule has 1 heterocycles. The Hall–Kier alpha value is -2.66. The predicted molar refractivity (Wildman–Crippen MR) is 99.1 cm³/mol. The number of nitrogens with zero attached hydrogens (tertiary/aromatic N) is 2. The van der Waals surface area contributed by atoms with Gasteiger partial charge < -0.3 is 14.6 Å². The minimum Gasteiger partial charge on any atom is -0.474 e. The first kappa shape index (κ1) is 16.8. The Morgan fingerprint density at radius 2 is 1.85 bits per heavy atom. The second-order valence-electron chi connectivity index (χ2n) is 6.88. The lowest BCUT2D eigenvalue weighted by Gasteiger charge is -2.13. The Balaban J connectivity index is 1.44. The van der Waals surface area contributed by atoms with Crippen LogP contribution in [0.3, 0.4) is 0 Å². The SMILES string of the molecule is C[C@H]1C[C@@H](Oc2cc(OCc3cccc4ccccc34)ncn2)C[C@@H]1O. The van der Waals surface area contributed by atoms with Crippen molar-refractivity contribution in [2.24, 2.45) is 5.92 Å². The molecule has 5 heteroatoms. The summed E-state index contributed by atoms with van der Waals surface area (Å²) in [4.78, 5) is 8.34. The van der Waals surface area contributed by atoms with E-state index in [1.807, 2.05) is 25.1 Å². The van der Waals surface area contributed by atoms with E-state index < -0.39 is 0 Å². The largest absolute Gasteiger partial charge is 0.474 e. The molecule has 1 aliphatic rings. The molecule has 1 saturated carbocycles. The fourth-order valence-electron chi connectivity index (χ4n) is 3.47. The molecular weight excluding hydrogens is 328 g/mol. The lowest BCUT2D eigenvalue weighted by molar-refractivity contribution is 0.128. The summed E-state index contributed by atoms with van der Waals surface area (Å²) in [5.41, 5.74) is 1.11. The van der Waals surface area contributed by atoms with E-state index in [1.54, 1.807) is 6.07 Å². The lowest BCUT2D eigenvalue weighted by atomic mass is 10.1. The van der Waals surface area contributed by atoms with Crippen LogP contribution in [0.15, 0.2) is 54.9 Å². The van der Waals surface area contributed by atoms with Gasteiger partial charge in [0, 0.05) is 6.42 Å². The summed E-state index contributed by atoms with van der Waals surface area (Å²) in [6, 6.07) is 16.1. The van der Waals surface area contributed by atoms with Crippen LogP contribution >= 0.6 is 0 Å². The van der Waals surface area contributed by atoms with Gasteiger partial charge in [-0.05, 0) is 28.7 Å². The molecule has 0 bridgehead atoms. The van der Waals surface area contributed by atoms with Gasteiger partial charge >= 0.3 is 0 Å². The van der Waals surface area contributed by atoms with Crippen molar-refractivity contribution in [2.45, 2.75) is 38.6 Å². The molecule has 1 N–H and O–H groups in total. The van der Waals surface area contributed by atoms with Crippen LogP contribution in [0.2, 0.25) is 0 Å². The second-order valence-corrected chi connectivity index (χ2v) is 6.88. The maximum absolute atomic E-state index is 9.86. The minimum absolute atomic E-state index is 0.0131. The van der Waals surface area contributed by atoms with Crippen LogP contribution in [0.25, 0.3) is 10.8 Å². The third-order valence-corrected chi connectivity index (χ3v) is 4.96. The first-order valence-corrected chi connectivity index (χ1v) is 8.95. The van der Waals surface area contributed by atoms with Gasteiger partial charge in [-0.25, -0.2) is 9.97 Å². The van der Waals surface area contributed by atoms with E-state index in [0.717, 1.165) is 12.0 Å². The van der Waals surface area contributed by atoms with Crippen molar-refractivity contribution < 1.29 is 14.6 Å². The van der Waals surface area contributed by atoms with Crippen LogP contribution in [-0.2, 0) is 6.61 Å². The first-order chi connectivity index (χ1) is 12.7. The van der Waals surface area contributed by atoms with Crippen LogP contribution < -0.4 is 9.47 Å². The number of hydrogen-bond acceptors (Lipinski definition) is 5. The molecule has 26 heavy (non-hydrogen) atoms. The Morgan fingerprint density at radius 3 is 2.69 bits per heavy atom. The second kappa shape index (κ2) is 7.30. The molecule has 5 nitrogen and oxygen atoms in total. The van der Waals surface area contributed by atoms with Gasteiger partial charge in [0.25, 0.3) is 0 Å². The Bertz CT molecular complexity index is 884. The monoisotopic (exact) mass is 350 g/mol. The summed E-state index contributed by atoms with van der Waals surface area (Å²) in [5, 5.41) is 12.2. The van der Waals surface area contributed by atoms with Crippen LogP contribution in [0.1, 0.15) is 25.3 Å². The Morgan fingerprint density at radius 1 is 1.04 bits per heavy atom. The summed E-state index contributed by atoms with van der Waals surface area (Å²) in [5.74, 6) is 1.22. The third kappa shape index (κ3) is 3.63. The van der Waals surface area contributed by atoms with Gasteiger partial charge in [0.2, 0.25) is 11.8 Å². The van der Waals surface area contributed by atoms with E-state index in [-0.39, 0.29) is 18.1 Å². The van der Waals surface area contributed by atoms with E-state index in [2.05, 4.69) is 34.2 Å². The van der Waals surface area contributed by atoms with Gasteiger partial charge in [0.1, 0.15) is 19.0 Å². The topological polar surface area (TPSA) is 64.5 Å². The molecule has 1 fully saturated rings. The molecule has 0 radical (unpaired) electrons. The van der Waals surface area contributed by atoms with Crippen molar-refractivity contribution >= 4 is 10.8 Å². The van der Waals surface area contributed by atoms with Gasteiger partial charge in [-0.1, -0.05) is 49.4 Å². The van der Waals surface area contributed by atoms with Gasteiger partial charge in [-0.15, -0.1) is 0 Å². The summed E-state index contributed by atoms with van der Waals surface area (Å²) in [7, 11) is 0. The number of aliphatic hydroxyl groups excluding tert-OH is 1. The molecule has 2 aromatic carbocycles. The maximum Gasteiger partial charge on any atom is 0.220 e. The summed E-state index contributed by atoms with van der Waals surface area (Å²) < 4.78 is 11.8. The van der Waals surface area contributed by atoms with Crippen LogP contribution in [-0.4, -0.2) is 27.3 Å². The fourth-order valence-corrected chi connectivity index (χ4v) is 3.47. The molecule has 0 amide bonds. The molecule has 0 unspecified atom stereocenters. The predicted octanol–water partition coefficient (Wildman–Crippen LogP) is 3.75. The van der Waals surface area contributed by atoms with Crippen LogP contribution in [0, 0.1) is 5.92 Å². The number of rotatable bonds is 5. The van der Waals surface area contributed by atoms with Gasteiger partial charge in [-0.2, -0.15) is 0 Å². The number of aliphatic hydroxyl groups is 1. The quantitative estimate of drug-likeness (QED) is 0.759.